The molecule has 1 aromatic rings. The van der Waals surface area contributed by atoms with Crippen molar-refractivity contribution >= 4 is 11.6 Å². The summed E-state index contributed by atoms with van der Waals surface area (Å²) in [5.41, 5.74) is 6.66. The van der Waals surface area contributed by atoms with E-state index in [-0.39, 0.29) is 11.9 Å². The molecule has 1 unspecified atom stereocenters. The Morgan fingerprint density at radius 1 is 1.39 bits per heavy atom. The first-order chi connectivity index (χ1) is 8.40. The second-order valence-corrected chi connectivity index (χ2v) is 5.61. The van der Waals surface area contributed by atoms with Gasteiger partial charge in [0, 0.05) is 23.2 Å². The molecular formula is C14H22ClFN2. The van der Waals surface area contributed by atoms with E-state index in [0.29, 0.717) is 23.0 Å². The second kappa shape index (κ2) is 7.07. The molecule has 0 aliphatic carbocycles. The minimum absolute atomic E-state index is 0.197. The van der Waals surface area contributed by atoms with Gasteiger partial charge in [-0.3, -0.25) is 0 Å². The fraction of sp³-hybridized carbons (Fsp3) is 0.571. The maximum Gasteiger partial charge on any atom is 0.129 e. The maximum atomic E-state index is 13.6. The Bertz CT molecular complexity index is 382. The molecule has 0 saturated carbocycles. The standard InChI is InChI=1S/C14H22ClFN2/c1-10(2)14(17)6-7-18(3)9-11-4-5-12(15)8-13(11)16/h4-5,8,10,14H,6-7,9,17H2,1-3H3. The maximum absolute atomic E-state index is 13.6. The SMILES string of the molecule is CC(C)C(N)CCN(C)Cc1ccc(Cl)cc1F. The average Bonchev–Trinajstić information content (AvgIpc) is 2.29. The van der Waals surface area contributed by atoms with Crippen molar-refractivity contribution in [2.24, 2.45) is 11.7 Å². The van der Waals surface area contributed by atoms with E-state index in [0.717, 1.165) is 13.0 Å². The predicted octanol–water partition coefficient (Wildman–Crippen LogP) is 3.28. The normalized spacial score (nSPS) is 13.3. The number of hydrogen-bond donors (Lipinski definition) is 1. The third-order valence-corrected chi connectivity index (χ3v) is 3.39. The number of nitrogens with zero attached hydrogens (tertiary/aromatic N) is 1. The number of nitrogens with two attached hydrogens (primary N) is 1. The minimum atomic E-state index is -0.248. The average molecular weight is 273 g/mol. The molecule has 0 aromatic heterocycles. The Kier molecular flexibility index (Phi) is 6.06. The highest BCUT2D eigenvalue weighted by Gasteiger charge is 2.10. The van der Waals surface area contributed by atoms with Crippen LogP contribution < -0.4 is 5.73 Å². The van der Waals surface area contributed by atoms with Gasteiger partial charge in [0.1, 0.15) is 5.82 Å². The third-order valence-electron chi connectivity index (χ3n) is 3.16. The summed E-state index contributed by atoms with van der Waals surface area (Å²) in [5.74, 6) is 0.230. The lowest BCUT2D eigenvalue weighted by Crippen LogP contribution is -2.31. The van der Waals surface area contributed by atoms with Gasteiger partial charge in [-0.25, -0.2) is 4.39 Å². The van der Waals surface area contributed by atoms with Gasteiger partial charge in [0.15, 0.2) is 0 Å². The van der Waals surface area contributed by atoms with Gasteiger partial charge in [-0.15, -0.1) is 0 Å². The summed E-state index contributed by atoms with van der Waals surface area (Å²) < 4.78 is 13.6. The molecule has 0 heterocycles. The monoisotopic (exact) mass is 272 g/mol. The summed E-state index contributed by atoms with van der Waals surface area (Å²) in [7, 11) is 1.97. The largest absolute Gasteiger partial charge is 0.327 e. The molecule has 1 rings (SSSR count). The van der Waals surface area contributed by atoms with Crippen LogP contribution in [0.4, 0.5) is 4.39 Å². The summed E-state index contributed by atoms with van der Waals surface area (Å²) >= 11 is 5.72. The number of rotatable bonds is 6. The highest BCUT2D eigenvalue weighted by atomic mass is 35.5. The Balaban J connectivity index is 2.47. The third kappa shape index (κ3) is 4.92. The van der Waals surface area contributed by atoms with Crippen molar-refractivity contribution in [1.29, 1.82) is 0 Å². The molecule has 1 aromatic carbocycles. The van der Waals surface area contributed by atoms with E-state index < -0.39 is 0 Å². The van der Waals surface area contributed by atoms with Gasteiger partial charge in [0.2, 0.25) is 0 Å². The van der Waals surface area contributed by atoms with Crippen molar-refractivity contribution in [1.82, 2.24) is 4.90 Å². The first-order valence-corrected chi connectivity index (χ1v) is 6.66. The quantitative estimate of drug-likeness (QED) is 0.861. The summed E-state index contributed by atoms with van der Waals surface area (Å²) in [6, 6.07) is 5.00. The molecule has 0 saturated heterocycles. The fourth-order valence-electron chi connectivity index (χ4n) is 1.72. The molecule has 18 heavy (non-hydrogen) atoms. The first kappa shape index (κ1) is 15.4. The summed E-state index contributed by atoms with van der Waals surface area (Å²) in [6.07, 6.45) is 0.920. The van der Waals surface area contributed by atoms with Crippen LogP contribution in [0.2, 0.25) is 5.02 Å². The van der Waals surface area contributed by atoms with E-state index in [4.69, 9.17) is 17.3 Å². The second-order valence-electron chi connectivity index (χ2n) is 5.17. The smallest absolute Gasteiger partial charge is 0.129 e. The molecule has 0 spiro atoms. The van der Waals surface area contributed by atoms with E-state index in [9.17, 15) is 4.39 Å². The molecular weight excluding hydrogens is 251 g/mol. The van der Waals surface area contributed by atoms with Crippen LogP contribution in [0.3, 0.4) is 0 Å². The zero-order chi connectivity index (χ0) is 13.7. The summed E-state index contributed by atoms with van der Waals surface area (Å²) in [5, 5.41) is 0.431. The van der Waals surface area contributed by atoms with Crippen LogP contribution in [0.15, 0.2) is 18.2 Å². The van der Waals surface area contributed by atoms with Gasteiger partial charge in [-0.1, -0.05) is 31.5 Å². The van der Waals surface area contributed by atoms with Gasteiger partial charge >= 0.3 is 0 Å². The molecule has 0 bridgehead atoms. The highest BCUT2D eigenvalue weighted by molar-refractivity contribution is 6.30. The Morgan fingerprint density at radius 3 is 2.61 bits per heavy atom. The van der Waals surface area contributed by atoms with Crippen molar-refractivity contribution in [3.63, 3.8) is 0 Å². The summed E-state index contributed by atoms with van der Waals surface area (Å²) in [4.78, 5) is 2.08. The minimum Gasteiger partial charge on any atom is -0.327 e. The van der Waals surface area contributed by atoms with Crippen LogP contribution in [0.1, 0.15) is 25.8 Å². The van der Waals surface area contributed by atoms with Gasteiger partial charge in [0.25, 0.3) is 0 Å². The van der Waals surface area contributed by atoms with Crippen molar-refractivity contribution in [2.45, 2.75) is 32.9 Å². The Hall–Kier alpha value is -0.640. The molecule has 2 N–H and O–H groups in total. The molecule has 0 aliphatic heterocycles. The first-order valence-electron chi connectivity index (χ1n) is 6.28. The fourth-order valence-corrected chi connectivity index (χ4v) is 1.88. The Morgan fingerprint density at radius 2 is 2.06 bits per heavy atom. The van der Waals surface area contributed by atoms with E-state index >= 15 is 0 Å². The lowest BCUT2D eigenvalue weighted by molar-refractivity contribution is 0.292. The van der Waals surface area contributed by atoms with E-state index in [1.165, 1.54) is 6.07 Å². The zero-order valence-corrected chi connectivity index (χ0v) is 12.0. The lowest BCUT2D eigenvalue weighted by atomic mass is 10.0. The van der Waals surface area contributed by atoms with Gasteiger partial charge in [-0.2, -0.15) is 0 Å². The predicted molar refractivity (Wildman–Crippen MR) is 75.2 cm³/mol. The molecule has 102 valence electrons. The lowest BCUT2D eigenvalue weighted by Gasteiger charge is -2.21. The number of hydrogen-bond acceptors (Lipinski definition) is 2. The van der Waals surface area contributed by atoms with Gasteiger partial charge in [-0.05, 0) is 38.1 Å². The molecule has 0 fully saturated rings. The molecule has 2 nitrogen and oxygen atoms in total. The molecule has 1 atom stereocenters. The van der Waals surface area contributed by atoms with Crippen LogP contribution in [0.5, 0.6) is 0 Å². The van der Waals surface area contributed by atoms with Crippen LogP contribution >= 0.6 is 11.6 Å². The number of halogens is 2. The highest BCUT2D eigenvalue weighted by Crippen LogP contribution is 2.16. The van der Waals surface area contributed by atoms with Gasteiger partial charge in [0.05, 0.1) is 0 Å². The Labute approximate surface area is 114 Å². The van der Waals surface area contributed by atoms with Crippen LogP contribution in [0.25, 0.3) is 0 Å². The van der Waals surface area contributed by atoms with Crippen molar-refractivity contribution in [2.75, 3.05) is 13.6 Å². The van der Waals surface area contributed by atoms with Crippen molar-refractivity contribution in [3.8, 4) is 0 Å². The van der Waals surface area contributed by atoms with Crippen molar-refractivity contribution in [3.05, 3.63) is 34.6 Å². The van der Waals surface area contributed by atoms with E-state index in [1.54, 1.807) is 12.1 Å². The van der Waals surface area contributed by atoms with Crippen LogP contribution in [-0.2, 0) is 6.54 Å². The van der Waals surface area contributed by atoms with Crippen molar-refractivity contribution < 1.29 is 4.39 Å². The van der Waals surface area contributed by atoms with Gasteiger partial charge < -0.3 is 10.6 Å². The van der Waals surface area contributed by atoms with E-state index in [2.05, 4.69) is 18.7 Å². The van der Waals surface area contributed by atoms with Crippen LogP contribution in [0, 0.1) is 11.7 Å². The topological polar surface area (TPSA) is 29.3 Å². The molecule has 0 amide bonds. The van der Waals surface area contributed by atoms with E-state index in [1.807, 2.05) is 7.05 Å². The molecule has 0 aliphatic rings. The van der Waals surface area contributed by atoms with Crippen LogP contribution in [-0.4, -0.2) is 24.5 Å². The molecule has 4 heteroatoms. The summed E-state index contributed by atoms with van der Waals surface area (Å²) in [6.45, 7) is 5.67. The zero-order valence-electron chi connectivity index (χ0n) is 11.3. The molecule has 0 radical (unpaired) electrons. The number of benzene rings is 1.